The molecule has 0 atom stereocenters. The molecule has 0 amide bonds. The smallest absolute Gasteiger partial charge is 0.354 e. The van der Waals surface area contributed by atoms with Crippen LogP contribution in [0.25, 0.3) is 0 Å². The minimum Gasteiger partial charge on any atom is -0.466 e. The minimum atomic E-state index is -0.683. The van der Waals surface area contributed by atoms with E-state index in [2.05, 4.69) is 30.1 Å². The summed E-state index contributed by atoms with van der Waals surface area (Å²) < 4.78 is 9.21. The standard InChI is InChI=1S/C19H23N5O4/c1-12-10-16(24(2)3)23-19(20-12)22-14-8-6-13(7-9-14)21-15(18(26)28-5)11-17(25)27-4/h6-11,21H,1-5H3,(H,20,22,23)/b15-11+. The van der Waals surface area contributed by atoms with Gasteiger partial charge >= 0.3 is 11.9 Å². The number of rotatable bonds is 7. The van der Waals surface area contributed by atoms with E-state index in [0.717, 1.165) is 23.3 Å². The zero-order valence-corrected chi connectivity index (χ0v) is 16.4. The molecule has 0 aliphatic heterocycles. The highest BCUT2D eigenvalue weighted by Crippen LogP contribution is 2.20. The molecule has 0 aliphatic rings. The van der Waals surface area contributed by atoms with Crippen molar-refractivity contribution in [3.05, 3.63) is 47.8 Å². The number of anilines is 4. The Morgan fingerprint density at radius 2 is 1.68 bits per heavy atom. The Kier molecular flexibility index (Phi) is 6.91. The molecular formula is C19H23N5O4. The van der Waals surface area contributed by atoms with Crippen molar-refractivity contribution >= 4 is 35.1 Å². The molecule has 0 saturated heterocycles. The predicted molar refractivity (Wildman–Crippen MR) is 107 cm³/mol. The van der Waals surface area contributed by atoms with Crippen molar-refractivity contribution in [2.24, 2.45) is 0 Å². The lowest BCUT2D eigenvalue weighted by molar-refractivity contribution is -0.138. The average Bonchev–Trinajstić information content (AvgIpc) is 2.67. The lowest BCUT2D eigenvalue weighted by Gasteiger charge is -2.14. The number of ether oxygens (including phenoxy) is 2. The Morgan fingerprint density at radius 3 is 2.25 bits per heavy atom. The number of methoxy groups -OCH3 is 2. The highest BCUT2D eigenvalue weighted by molar-refractivity contribution is 5.98. The molecule has 148 valence electrons. The summed E-state index contributed by atoms with van der Waals surface area (Å²) in [6.07, 6.45) is 1.03. The molecule has 0 fully saturated rings. The molecule has 1 heterocycles. The van der Waals surface area contributed by atoms with Gasteiger partial charge in [0.1, 0.15) is 11.5 Å². The first-order chi connectivity index (χ1) is 13.3. The summed E-state index contributed by atoms with van der Waals surface area (Å²) in [6, 6.07) is 8.94. The van der Waals surface area contributed by atoms with Crippen molar-refractivity contribution in [2.45, 2.75) is 6.92 Å². The second-order valence-corrected chi connectivity index (χ2v) is 5.99. The van der Waals surface area contributed by atoms with E-state index >= 15 is 0 Å². The maximum atomic E-state index is 11.8. The second kappa shape index (κ2) is 9.36. The van der Waals surface area contributed by atoms with Gasteiger partial charge in [-0.25, -0.2) is 14.6 Å². The molecule has 0 radical (unpaired) electrons. The van der Waals surface area contributed by atoms with Gasteiger partial charge in [-0.15, -0.1) is 0 Å². The number of hydrogen-bond acceptors (Lipinski definition) is 9. The van der Waals surface area contributed by atoms with Crippen LogP contribution in [0.3, 0.4) is 0 Å². The number of esters is 2. The zero-order chi connectivity index (χ0) is 20.7. The number of hydrogen-bond donors (Lipinski definition) is 2. The van der Waals surface area contributed by atoms with E-state index in [9.17, 15) is 9.59 Å². The summed E-state index contributed by atoms with van der Waals surface area (Å²) >= 11 is 0. The van der Waals surface area contributed by atoms with Crippen LogP contribution in [0.1, 0.15) is 5.69 Å². The average molecular weight is 385 g/mol. The molecule has 28 heavy (non-hydrogen) atoms. The first kappa shape index (κ1) is 20.7. The van der Waals surface area contributed by atoms with Crippen LogP contribution in [-0.2, 0) is 19.1 Å². The Bertz CT molecular complexity index is 878. The van der Waals surface area contributed by atoms with Gasteiger partial charge in [-0.05, 0) is 31.2 Å². The van der Waals surface area contributed by atoms with Crippen LogP contribution in [-0.4, -0.2) is 50.2 Å². The summed E-state index contributed by atoms with van der Waals surface area (Å²) in [6.45, 7) is 1.90. The van der Waals surface area contributed by atoms with Crippen molar-refractivity contribution in [1.29, 1.82) is 0 Å². The highest BCUT2D eigenvalue weighted by Gasteiger charge is 2.13. The largest absolute Gasteiger partial charge is 0.466 e. The normalized spacial score (nSPS) is 10.8. The van der Waals surface area contributed by atoms with E-state index in [1.54, 1.807) is 24.3 Å². The molecule has 0 aliphatic carbocycles. The van der Waals surface area contributed by atoms with Gasteiger partial charge in [0.2, 0.25) is 5.95 Å². The number of nitrogens with one attached hydrogen (secondary N) is 2. The van der Waals surface area contributed by atoms with E-state index < -0.39 is 11.9 Å². The van der Waals surface area contributed by atoms with E-state index in [0.29, 0.717) is 11.6 Å². The van der Waals surface area contributed by atoms with Crippen molar-refractivity contribution in [3.8, 4) is 0 Å². The molecule has 1 aromatic carbocycles. The van der Waals surface area contributed by atoms with Crippen LogP contribution in [0.4, 0.5) is 23.1 Å². The number of aryl methyl sites for hydroxylation is 1. The van der Waals surface area contributed by atoms with Gasteiger partial charge in [0, 0.05) is 37.2 Å². The van der Waals surface area contributed by atoms with Crippen LogP contribution in [0.5, 0.6) is 0 Å². The maximum absolute atomic E-state index is 11.8. The van der Waals surface area contributed by atoms with Gasteiger partial charge < -0.3 is 25.0 Å². The van der Waals surface area contributed by atoms with Crippen LogP contribution < -0.4 is 15.5 Å². The summed E-state index contributed by atoms with van der Waals surface area (Å²) in [7, 11) is 6.27. The molecule has 9 nitrogen and oxygen atoms in total. The van der Waals surface area contributed by atoms with E-state index in [-0.39, 0.29) is 5.70 Å². The fourth-order valence-corrected chi connectivity index (χ4v) is 2.19. The Labute approximate surface area is 163 Å². The number of benzene rings is 1. The van der Waals surface area contributed by atoms with Crippen LogP contribution >= 0.6 is 0 Å². The minimum absolute atomic E-state index is 0.0345. The van der Waals surface area contributed by atoms with Gasteiger partial charge in [0.25, 0.3) is 0 Å². The van der Waals surface area contributed by atoms with E-state index in [1.807, 2.05) is 32.0 Å². The fourth-order valence-electron chi connectivity index (χ4n) is 2.19. The Morgan fingerprint density at radius 1 is 1.04 bits per heavy atom. The topological polar surface area (TPSA) is 106 Å². The first-order valence-corrected chi connectivity index (χ1v) is 8.37. The monoisotopic (exact) mass is 385 g/mol. The maximum Gasteiger partial charge on any atom is 0.354 e. The molecule has 9 heteroatoms. The molecule has 0 bridgehead atoms. The lowest BCUT2D eigenvalue weighted by atomic mass is 10.2. The van der Waals surface area contributed by atoms with Crippen molar-refractivity contribution in [3.63, 3.8) is 0 Å². The third kappa shape index (κ3) is 5.70. The molecule has 0 spiro atoms. The number of carbonyl (C=O) groups excluding carboxylic acids is 2. The Balaban J connectivity index is 2.16. The second-order valence-electron chi connectivity index (χ2n) is 5.99. The third-order valence-corrected chi connectivity index (χ3v) is 3.59. The molecule has 0 unspecified atom stereocenters. The lowest BCUT2D eigenvalue weighted by Crippen LogP contribution is -2.15. The quantitative estimate of drug-likeness (QED) is 0.548. The third-order valence-electron chi connectivity index (χ3n) is 3.59. The zero-order valence-electron chi connectivity index (χ0n) is 16.4. The summed E-state index contributed by atoms with van der Waals surface area (Å²) in [5.41, 5.74) is 2.16. The summed E-state index contributed by atoms with van der Waals surface area (Å²) in [4.78, 5) is 33.9. The summed E-state index contributed by atoms with van der Waals surface area (Å²) in [5.74, 6) is -0.0781. The van der Waals surface area contributed by atoms with Gasteiger partial charge in [-0.3, -0.25) is 0 Å². The molecule has 0 saturated carbocycles. The van der Waals surface area contributed by atoms with Crippen LogP contribution in [0, 0.1) is 6.92 Å². The van der Waals surface area contributed by atoms with E-state index in [1.165, 1.54) is 14.2 Å². The SMILES string of the molecule is COC(=O)/C=C(/Nc1ccc(Nc2nc(C)cc(N(C)C)n2)cc1)C(=O)OC. The van der Waals surface area contributed by atoms with Crippen molar-refractivity contribution in [1.82, 2.24) is 9.97 Å². The van der Waals surface area contributed by atoms with Crippen molar-refractivity contribution in [2.75, 3.05) is 43.8 Å². The van der Waals surface area contributed by atoms with Gasteiger partial charge in [0.05, 0.1) is 20.3 Å². The van der Waals surface area contributed by atoms with E-state index in [4.69, 9.17) is 0 Å². The number of nitrogens with zero attached hydrogens (tertiary/aromatic N) is 3. The molecule has 1 aromatic heterocycles. The van der Waals surface area contributed by atoms with Crippen LogP contribution in [0.2, 0.25) is 0 Å². The van der Waals surface area contributed by atoms with Crippen molar-refractivity contribution < 1.29 is 19.1 Å². The molecular weight excluding hydrogens is 362 g/mol. The van der Waals surface area contributed by atoms with Gasteiger partial charge in [-0.1, -0.05) is 0 Å². The molecule has 2 aromatic rings. The fraction of sp³-hybridized carbons (Fsp3) is 0.263. The summed E-state index contributed by atoms with van der Waals surface area (Å²) in [5, 5.41) is 5.98. The molecule has 2 N–H and O–H groups in total. The Hall–Kier alpha value is -3.62. The number of carbonyl (C=O) groups is 2. The molecule has 2 rings (SSSR count). The highest BCUT2D eigenvalue weighted by atomic mass is 16.5. The first-order valence-electron chi connectivity index (χ1n) is 8.37. The van der Waals surface area contributed by atoms with Crippen LogP contribution in [0.15, 0.2) is 42.1 Å². The van der Waals surface area contributed by atoms with Gasteiger partial charge in [0.15, 0.2) is 0 Å². The predicted octanol–water partition coefficient (Wildman–Crippen LogP) is 2.24. The number of aromatic nitrogens is 2. The van der Waals surface area contributed by atoms with Gasteiger partial charge in [-0.2, -0.15) is 4.98 Å².